The van der Waals surface area contributed by atoms with Gasteiger partial charge in [0.25, 0.3) is 0 Å². The number of aromatic nitrogens is 1. The van der Waals surface area contributed by atoms with Gasteiger partial charge < -0.3 is 4.74 Å². The number of pyridine rings is 1. The second kappa shape index (κ2) is 5.84. The topological polar surface area (TPSA) is 39.2 Å². The summed E-state index contributed by atoms with van der Waals surface area (Å²) in [6.45, 7) is 2.07. The predicted molar refractivity (Wildman–Crippen MR) is 70.0 cm³/mol. The molecule has 0 unspecified atom stereocenters. The minimum absolute atomic E-state index is 0. The SMILES string of the molecule is CCOC(=O)c1cnc2ccccc2c1Cl.Cl. The van der Waals surface area contributed by atoms with Gasteiger partial charge in [-0.15, -0.1) is 12.4 Å². The number of rotatable bonds is 2. The summed E-state index contributed by atoms with van der Waals surface area (Å²) in [5.74, 6) is -0.439. The van der Waals surface area contributed by atoms with E-state index >= 15 is 0 Å². The van der Waals surface area contributed by atoms with E-state index in [1.807, 2.05) is 24.3 Å². The van der Waals surface area contributed by atoms with Gasteiger partial charge in [-0.05, 0) is 13.0 Å². The molecule has 0 radical (unpaired) electrons. The van der Waals surface area contributed by atoms with E-state index < -0.39 is 5.97 Å². The molecule has 1 aromatic carbocycles. The van der Waals surface area contributed by atoms with Crippen molar-refractivity contribution in [2.45, 2.75) is 6.92 Å². The first-order chi connectivity index (χ1) is 7.74. The Hall–Kier alpha value is -1.32. The van der Waals surface area contributed by atoms with Crippen molar-refractivity contribution < 1.29 is 9.53 Å². The van der Waals surface area contributed by atoms with Gasteiger partial charge in [0.15, 0.2) is 0 Å². The molecule has 0 aliphatic heterocycles. The van der Waals surface area contributed by atoms with Crippen molar-refractivity contribution in [1.29, 1.82) is 0 Å². The Morgan fingerprint density at radius 3 is 2.82 bits per heavy atom. The first kappa shape index (κ1) is 13.7. The molecule has 0 bridgehead atoms. The number of fused-ring (bicyclic) bond motifs is 1. The van der Waals surface area contributed by atoms with E-state index in [2.05, 4.69) is 4.98 Å². The van der Waals surface area contributed by atoms with E-state index in [9.17, 15) is 4.79 Å². The van der Waals surface area contributed by atoms with Crippen molar-refractivity contribution in [3.8, 4) is 0 Å². The third-order valence-electron chi connectivity index (χ3n) is 2.21. The number of para-hydroxylation sites is 1. The summed E-state index contributed by atoms with van der Waals surface area (Å²) in [5, 5.41) is 1.15. The normalized spacial score (nSPS) is 9.76. The number of halogens is 2. The highest BCUT2D eigenvalue weighted by Crippen LogP contribution is 2.25. The number of carbonyl (C=O) groups is 1. The number of hydrogen-bond acceptors (Lipinski definition) is 3. The molecular weight excluding hydrogens is 261 g/mol. The molecule has 3 nitrogen and oxygen atoms in total. The molecule has 0 fully saturated rings. The Morgan fingerprint density at radius 2 is 2.12 bits per heavy atom. The van der Waals surface area contributed by atoms with Gasteiger partial charge in [-0.1, -0.05) is 29.8 Å². The van der Waals surface area contributed by atoms with Gasteiger partial charge >= 0.3 is 5.97 Å². The van der Waals surface area contributed by atoms with Crippen molar-refractivity contribution in [2.24, 2.45) is 0 Å². The van der Waals surface area contributed by atoms with Gasteiger partial charge in [-0.25, -0.2) is 4.79 Å². The Balaban J connectivity index is 0.00000144. The summed E-state index contributed by atoms with van der Waals surface area (Å²) in [5.41, 5.74) is 1.07. The number of ether oxygens (including phenoxy) is 1. The molecule has 2 rings (SSSR count). The summed E-state index contributed by atoms with van der Waals surface area (Å²) < 4.78 is 4.89. The van der Waals surface area contributed by atoms with Crippen molar-refractivity contribution in [2.75, 3.05) is 6.61 Å². The highest BCUT2D eigenvalue weighted by Gasteiger charge is 2.14. The maximum atomic E-state index is 11.6. The van der Waals surface area contributed by atoms with Crippen LogP contribution in [0.15, 0.2) is 30.5 Å². The number of hydrogen-bond donors (Lipinski definition) is 0. The van der Waals surface area contributed by atoms with Crippen LogP contribution in [-0.2, 0) is 4.74 Å². The maximum absolute atomic E-state index is 11.6. The van der Waals surface area contributed by atoms with Gasteiger partial charge in [0.05, 0.1) is 22.7 Å². The molecule has 0 aliphatic carbocycles. The third kappa shape index (κ3) is 2.68. The number of benzene rings is 1. The van der Waals surface area contributed by atoms with Crippen molar-refractivity contribution in [3.05, 3.63) is 41.0 Å². The summed E-state index contributed by atoms with van der Waals surface area (Å²) in [6, 6.07) is 7.39. The zero-order chi connectivity index (χ0) is 11.5. The van der Waals surface area contributed by atoms with Crippen molar-refractivity contribution in [3.63, 3.8) is 0 Å². The third-order valence-corrected chi connectivity index (χ3v) is 2.61. The molecule has 17 heavy (non-hydrogen) atoms. The molecule has 1 heterocycles. The zero-order valence-electron chi connectivity index (χ0n) is 9.14. The Kier molecular flexibility index (Phi) is 4.73. The quantitative estimate of drug-likeness (QED) is 0.785. The fraction of sp³-hybridized carbons (Fsp3) is 0.167. The molecule has 0 amide bonds. The molecule has 0 aliphatic rings. The lowest BCUT2D eigenvalue weighted by atomic mass is 10.1. The van der Waals surface area contributed by atoms with E-state index in [1.165, 1.54) is 6.20 Å². The molecule has 1 aromatic heterocycles. The minimum Gasteiger partial charge on any atom is -0.462 e. The monoisotopic (exact) mass is 271 g/mol. The molecule has 0 atom stereocenters. The first-order valence-electron chi connectivity index (χ1n) is 4.94. The Labute approximate surface area is 110 Å². The number of esters is 1. The molecular formula is C12H11Cl2NO2. The second-order valence-electron chi connectivity index (χ2n) is 3.22. The highest BCUT2D eigenvalue weighted by atomic mass is 35.5. The summed E-state index contributed by atoms with van der Waals surface area (Å²) >= 11 is 6.13. The molecule has 0 N–H and O–H groups in total. The average molecular weight is 272 g/mol. The smallest absolute Gasteiger partial charge is 0.341 e. The minimum atomic E-state index is -0.439. The Bertz CT molecular complexity index is 543. The summed E-state index contributed by atoms with van der Waals surface area (Å²) in [7, 11) is 0. The van der Waals surface area contributed by atoms with Crippen LogP contribution in [0.1, 0.15) is 17.3 Å². The lowest BCUT2D eigenvalue weighted by Gasteiger charge is -2.05. The summed E-state index contributed by atoms with van der Waals surface area (Å²) in [6.07, 6.45) is 1.45. The van der Waals surface area contributed by atoms with Crippen molar-refractivity contribution in [1.82, 2.24) is 4.98 Å². The fourth-order valence-corrected chi connectivity index (χ4v) is 1.74. The van der Waals surface area contributed by atoms with Crippen LogP contribution in [0.2, 0.25) is 5.02 Å². The zero-order valence-corrected chi connectivity index (χ0v) is 10.7. The van der Waals surface area contributed by atoms with E-state index in [1.54, 1.807) is 6.92 Å². The van der Waals surface area contributed by atoms with Crippen LogP contribution in [0.3, 0.4) is 0 Å². The van der Waals surface area contributed by atoms with Gasteiger partial charge in [-0.2, -0.15) is 0 Å². The second-order valence-corrected chi connectivity index (χ2v) is 3.60. The van der Waals surface area contributed by atoms with Crippen LogP contribution in [-0.4, -0.2) is 17.6 Å². The van der Waals surface area contributed by atoms with Crippen LogP contribution in [0.4, 0.5) is 0 Å². The van der Waals surface area contributed by atoms with E-state index in [0.717, 1.165) is 10.9 Å². The van der Waals surface area contributed by atoms with Crippen LogP contribution in [0.25, 0.3) is 10.9 Å². The van der Waals surface area contributed by atoms with Gasteiger partial charge in [0.2, 0.25) is 0 Å². The van der Waals surface area contributed by atoms with Gasteiger partial charge in [0.1, 0.15) is 0 Å². The van der Waals surface area contributed by atoms with Gasteiger partial charge in [-0.3, -0.25) is 4.98 Å². The average Bonchev–Trinajstić information content (AvgIpc) is 2.30. The van der Waals surface area contributed by atoms with E-state index in [-0.39, 0.29) is 12.4 Å². The molecule has 0 spiro atoms. The number of nitrogens with zero attached hydrogens (tertiary/aromatic N) is 1. The molecule has 5 heteroatoms. The van der Waals surface area contributed by atoms with E-state index in [4.69, 9.17) is 16.3 Å². The standard InChI is InChI=1S/C12H10ClNO2.ClH/c1-2-16-12(15)9-7-14-10-6-4-3-5-8(10)11(9)13;/h3-7H,2H2,1H3;1H. The van der Waals surface area contributed by atoms with Gasteiger partial charge in [0, 0.05) is 11.6 Å². The molecule has 2 aromatic rings. The van der Waals surface area contributed by atoms with Crippen molar-refractivity contribution >= 4 is 40.9 Å². The van der Waals surface area contributed by atoms with E-state index in [0.29, 0.717) is 17.2 Å². The maximum Gasteiger partial charge on any atom is 0.341 e. The lowest BCUT2D eigenvalue weighted by Crippen LogP contribution is -2.06. The fourth-order valence-electron chi connectivity index (χ4n) is 1.46. The van der Waals surface area contributed by atoms with Crippen LogP contribution < -0.4 is 0 Å². The lowest BCUT2D eigenvalue weighted by molar-refractivity contribution is 0.0526. The summed E-state index contributed by atoms with van der Waals surface area (Å²) in [4.78, 5) is 15.7. The highest BCUT2D eigenvalue weighted by molar-refractivity contribution is 6.38. The first-order valence-corrected chi connectivity index (χ1v) is 5.32. The van der Waals surface area contributed by atoms with Crippen LogP contribution in [0, 0.1) is 0 Å². The molecule has 0 saturated carbocycles. The largest absolute Gasteiger partial charge is 0.462 e. The molecule has 90 valence electrons. The molecule has 0 saturated heterocycles. The Morgan fingerprint density at radius 1 is 1.41 bits per heavy atom. The van der Waals surface area contributed by atoms with Crippen LogP contribution in [0.5, 0.6) is 0 Å². The number of carbonyl (C=O) groups excluding carboxylic acids is 1. The predicted octanol–water partition coefficient (Wildman–Crippen LogP) is 3.49. The van der Waals surface area contributed by atoms with Crippen LogP contribution >= 0.6 is 24.0 Å².